The van der Waals surface area contributed by atoms with Gasteiger partial charge in [-0.15, -0.1) is 0 Å². The Balaban J connectivity index is 1.77. The number of hydrogen-bond acceptors (Lipinski definition) is 3. The van der Waals surface area contributed by atoms with Gasteiger partial charge in [-0.25, -0.2) is 4.39 Å². The van der Waals surface area contributed by atoms with Crippen molar-refractivity contribution < 1.29 is 13.9 Å². The van der Waals surface area contributed by atoms with Crippen molar-refractivity contribution in [2.24, 2.45) is 10.4 Å². The molecule has 0 radical (unpaired) electrons. The lowest BCUT2D eigenvalue weighted by molar-refractivity contribution is -0.115. The van der Waals surface area contributed by atoms with Crippen LogP contribution >= 0.6 is 0 Å². The van der Waals surface area contributed by atoms with E-state index >= 15 is 0 Å². The van der Waals surface area contributed by atoms with Crippen LogP contribution in [-0.4, -0.2) is 45.7 Å². The van der Waals surface area contributed by atoms with Crippen LogP contribution in [0.2, 0.25) is 0 Å². The molecule has 2 rings (SSSR count). The first-order valence-electron chi connectivity index (χ1n) is 9.06. The largest absolute Gasteiger partial charge is 0.385 e. The standard InChI is InChI=1S/C19H29FN4O2/c1-21-18(23-14-19(11-12-26-2)9-3-4-10-19)22-13-17(25)24-16-7-5-15(20)6-8-16/h5-8H,3-4,9-14H2,1-2H3,(H,24,25)(H2,21,22,23). The Hall–Kier alpha value is -2.15. The molecule has 1 amide bonds. The molecule has 144 valence electrons. The van der Waals surface area contributed by atoms with E-state index in [0.29, 0.717) is 11.6 Å². The van der Waals surface area contributed by atoms with Crippen molar-refractivity contribution in [3.63, 3.8) is 0 Å². The monoisotopic (exact) mass is 364 g/mol. The van der Waals surface area contributed by atoms with Crippen LogP contribution in [0.4, 0.5) is 10.1 Å². The molecule has 1 aromatic carbocycles. The smallest absolute Gasteiger partial charge is 0.243 e. The van der Waals surface area contributed by atoms with Gasteiger partial charge in [-0.3, -0.25) is 9.79 Å². The number of guanidine groups is 1. The number of aliphatic imine (C=N–C) groups is 1. The van der Waals surface area contributed by atoms with Gasteiger partial charge in [0.05, 0.1) is 6.54 Å². The molecule has 3 N–H and O–H groups in total. The first-order valence-corrected chi connectivity index (χ1v) is 9.06. The van der Waals surface area contributed by atoms with Crippen LogP contribution in [0.5, 0.6) is 0 Å². The number of ether oxygens (including phenoxy) is 1. The summed E-state index contributed by atoms with van der Waals surface area (Å²) in [5.41, 5.74) is 0.801. The normalized spacial score (nSPS) is 16.3. The van der Waals surface area contributed by atoms with Crippen molar-refractivity contribution in [2.75, 3.05) is 39.2 Å². The lowest BCUT2D eigenvalue weighted by Gasteiger charge is -2.29. The Kier molecular flexibility index (Phi) is 7.84. The molecule has 0 atom stereocenters. The van der Waals surface area contributed by atoms with Gasteiger partial charge in [0.25, 0.3) is 0 Å². The number of nitrogens with one attached hydrogen (secondary N) is 3. The minimum absolute atomic E-state index is 0.0854. The van der Waals surface area contributed by atoms with Crippen molar-refractivity contribution in [3.05, 3.63) is 30.1 Å². The van der Waals surface area contributed by atoms with E-state index < -0.39 is 0 Å². The highest BCUT2D eigenvalue weighted by Gasteiger charge is 2.33. The van der Waals surface area contributed by atoms with Crippen molar-refractivity contribution in [1.82, 2.24) is 10.6 Å². The van der Waals surface area contributed by atoms with Gasteiger partial charge in [-0.05, 0) is 48.9 Å². The van der Waals surface area contributed by atoms with Gasteiger partial charge in [0, 0.05) is 33.0 Å². The second-order valence-corrected chi connectivity index (χ2v) is 6.78. The summed E-state index contributed by atoms with van der Waals surface area (Å²) in [6.07, 6.45) is 5.89. The number of carbonyl (C=O) groups is 1. The molecule has 1 aliphatic rings. The Morgan fingerprint density at radius 2 is 1.92 bits per heavy atom. The number of carbonyl (C=O) groups excluding carboxylic acids is 1. The molecule has 1 aliphatic carbocycles. The molecule has 1 fully saturated rings. The third-order valence-corrected chi connectivity index (χ3v) is 4.90. The minimum Gasteiger partial charge on any atom is -0.385 e. The molecule has 0 saturated heterocycles. The number of nitrogens with zero attached hydrogens (tertiary/aromatic N) is 1. The highest BCUT2D eigenvalue weighted by molar-refractivity contribution is 5.94. The number of methoxy groups -OCH3 is 1. The zero-order chi connectivity index (χ0) is 18.8. The molecule has 7 heteroatoms. The Labute approximate surface area is 154 Å². The number of amides is 1. The maximum Gasteiger partial charge on any atom is 0.243 e. The Morgan fingerprint density at radius 3 is 2.54 bits per heavy atom. The topological polar surface area (TPSA) is 74.8 Å². The molecule has 26 heavy (non-hydrogen) atoms. The van der Waals surface area contributed by atoms with Gasteiger partial charge in [-0.1, -0.05) is 12.8 Å². The predicted octanol–water partition coefficient (Wildman–Crippen LogP) is 2.53. The molecule has 0 aliphatic heterocycles. The highest BCUT2D eigenvalue weighted by atomic mass is 19.1. The summed E-state index contributed by atoms with van der Waals surface area (Å²) >= 11 is 0. The maximum absolute atomic E-state index is 12.9. The van der Waals surface area contributed by atoms with Gasteiger partial charge in [0.2, 0.25) is 5.91 Å². The third-order valence-electron chi connectivity index (χ3n) is 4.90. The molecule has 0 aromatic heterocycles. The average Bonchev–Trinajstić information content (AvgIpc) is 3.11. The van der Waals surface area contributed by atoms with Gasteiger partial charge in [0.1, 0.15) is 5.82 Å². The van der Waals surface area contributed by atoms with Gasteiger partial charge < -0.3 is 20.7 Å². The quantitative estimate of drug-likeness (QED) is 0.489. The van der Waals surface area contributed by atoms with Gasteiger partial charge in [0.15, 0.2) is 5.96 Å². The van der Waals surface area contributed by atoms with Crippen molar-refractivity contribution in [1.29, 1.82) is 0 Å². The Bertz CT molecular complexity index is 598. The van der Waals surface area contributed by atoms with Gasteiger partial charge >= 0.3 is 0 Å². The van der Waals surface area contributed by atoms with E-state index in [2.05, 4.69) is 20.9 Å². The van der Waals surface area contributed by atoms with E-state index in [1.54, 1.807) is 14.2 Å². The number of rotatable bonds is 8. The molecule has 1 aromatic rings. The fourth-order valence-corrected chi connectivity index (χ4v) is 3.35. The fraction of sp³-hybridized carbons (Fsp3) is 0.579. The summed E-state index contributed by atoms with van der Waals surface area (Å²) in [4.78, 5) is 16.2. The van der Waals surface area contributed by atoms with Crippen LogP contribution < -0.4 is 16.0 Å². The molecule has 0 bridgehead atoms. The van der Waals surface area contributed by atoms with E-state index in [4.69, 9.17) is 4.74 Å². The Morgan fingerprint density at radius 1 is 1.23 bits per heavy atom. The van der Waals surface area contributed by atoms with E-state index in [-0.39, 0.29) is 23.7 Å². The number of benzene rings is 1. The molecule has 0 unspecified atom stereocenters. The summed E-state index contributed by atoms with van der Waals surface area (Å²) in [7, 11) is 3.42. The summed E-state index contributed by atoms with van der Waals surface area (Å²) in [6, 6.07) is 5.68. The summed E-state index contributed by atoms with van der Waals surface area (Å²) in [5.74, 6) is 0.0533. The second kappa shape index (κ2) is 10.1. The minimum atomic E-state index is -0.333. The second-order valence-electron chi connectivity index (χ2n) is 6.78. The summed E-state index contributed by atoms with van der Waals surface area (Å²) in [5, 5.41) is 9.07. The molecule has 0 heterocycles. The zero-order valence-electron chi connectivity index (χ0n) is 15.6. The lowest BCUT2D eigenvalue weighted by Crippen LogP contribution is -2.45. The number of halogens is 1. The van der Waals surface area contributed by atoms with Crippen molar-refractivity contribution in [3.8, 4) is 0 Å². The van der Waals surface area contributed by atoms with Crippen LogP contribution in [-0.2, 0) is 9.53 Å². The van der Waals surface area contributed by atoms with E-state index in [1.807, 2.05) is 0 Å². The zero-order valence-corrected chi connectivity index (χ0v) is 15.6. The molecular weight excluding hydrogens is 335 g/mol. The number of anilines is 1. The highest BCUT2D eigenvalue weighted by Crippen LogP contribution is 2.40. The van der Waals surface area contributed by atoms with E-state index in [1.165, 1.54) is 49.9 Å². The molecule has 6 nitrogen and oxygen atoms in total. The van der Waals surface area contributed by atoms with Gasteiger partial charge in [-0.2, -0.15) is 0 Å². The van der Waals surface area contributed by atoms with Crippen LogP contribution in [0.25, 0.3) is 0 Å². The van der Waals surface area contributed by atoms with Crippen LogP contribution in [0, 0.1) is 11.2 Å². The van der Waals surface area contributed by atoms with Crippen molar-refractivity contribution >= 4 is 17.6 Å². The maximum atomic E-state index is 12.9. The first kappa shape index (κ1) is 20.2. The molecular formula is C19H29FN4O2. The van der Waals surface area contributed by atoms with Crippen molar-refractivity contribution in [2.45, 2.75) is 32.1 Å². The third kappa shape index (κ3) is 6.29. The SMILES string of the molecule is CN=C(NCC(=O)Nc1ccc(F)cc1)NCC1(CCOC)CCCC1. The van der Waals surface area contributed by atoms with Crippen LogP contribution in [0.3, 0.4) is 0 Å². The first-order chi connectivity index (χ1) is 12.6. The van der Waals surface area contributed by atoms with Crippen LogP contribution in [0.1, 0.15) is 32.1 Å². The summed E-state index contributed by atoms with van der Waals surface area (Å²) < 4.78 is 18.1. The van der Waals surface area contributed by atoms with Crippen LogP contribution in [0.15, 0.2) is 29.3 Å². The van der Waals surface area contributed by atoms with E-state index in [0.717, 1.165) is 19.6 Å². The number of hydrogen-bond donors (Lipinski definition) is 3. The summed E-state index contributed by atoms with van der Waals surface area (Å²) in [6.45, 7) is 1.66. The molecule has 0 spiro atoms. The van der Waals surface area contributed by atoms with E-state index in [9.17, 15) is 9.18 Å². The lowest BCUT2D eigenvalue weighted by atomic mass is 9.83. The fourth-order valence-electron chi connectivity index (χ4n) is 3.35. The average molecular weight is 364 g/mol. The molecule has 1 saturated carbocycles. The predicted molar refractivity (Wildman–Crippen MR) is 102 cm³/mol.